The molecule has 3 rings (SSSR count). The maximum absolute atomic E-state index is 14.1. The first kappa shape index (κ1) is 11.0. The van der Waals surface area contributed by atoms with Crippen LogP contribution in [0.25, 0.3) is 11.0 Å². The van der Waals surface area contributed by atoms with Gasteiger partial charge >= 0.3 is 0 Å². The van der Waals surface area contributed by atoms with Crippen molar-refractivity contribution < 1.29 is 8.91 Å². The van der Waals surface area contributed by atoms with Crippen LogP contribution in [-0.2, 0) is 6.54 Å². The number of benzene rings is 1. The van der Waals surface area contributed by atoms with Crippen molar-refractivity contribution in [2.45, 2.75) is 6.54 Å². The van der Waals surface area contributed by atoms with Gasteiger partial charge in [0.05, 0.1) is 17.0 Å². The monoisotopic (exact) mass is 266 g/mol. The fraction of sp³-hybridized carbons (Fsp3) is 0.0909. The van der Waals surface area contributed by atoms with Crippen LogP contribution >= 0.6 is 11.6 Å². The molecule has 0 aliphatic carbocycles. The van der Waals surface area contributed by atoms with Gasteiger partial charge in [-0.15, -0.1) is 0 Å². The Labute approximate surface area is 106 Å². The second-order valence-corrected chi connectivity index (χ2v) is 4.19. The van der Waals surface area contributed by atoms with Gasteiger partial charge in [0.2, 0.25) is 0 Å². The molecule has 1 aromatic carbocycles. The molecule has 2 aromatic heterocycles. The predicted octanol–water partition coefficient (Wildman–Crippen LogP) is 2.45. The molecule has 92 valence electrons. The molecule has 2 N–H and O–H groups in total. The molecule has 0 unspecified atom stereocenters. The van der Waals surface area contributed by atoms with Gasteiger partial charge in [-0.1, -0.05) is 16.8 Å². The van der Waals surface area contributed by atoms with Crippen LogP contribution in [0.4, 0.5) is 10.2 Å². The van der Waals surface area contributed by atoms with Crippen LogP contribution < -0.4 is 5.73 Å². The van der Waals surface area contributed by atoms with Crippen LogP contribution in [0.15, 0.2) is 29.0 Å². The third-order valence-electron chi connectivity index (χ3n) is 2.64. The van der Waals surface area contributed by atoms with E-state index >= 15 is 0 Å². The predicted molar refractivity (Wildman–Crippen MR) is 64.7 cm³/mol. The van der Waals surface area contributed by atoms with Crippen LogP contribution in [0.1, 0.15) is 5.56 Å². The lowest BCUT2D eigenvalue weighted by Crippen LogP contribution is -2.03. The second-order valence-electron chi connectivity index (χ2n) is 3.81. The number of hydrogen-bond donors (Lipinski definition) is 1. The first-order valence-electron chi connectivity index (χ1n) is 5.16. The summed E-state index contributed by atoms with van der Waals surface area (Å²) in [6, 6.07) is 3.28. The Kier molecular flexibility index (Phi) is 2.45. The van der Waals surface area contributed by atoms with Crippen molar-refractivity contribution in [3.05, 3.63) is 40.9 Å². The van der Waals surface area contributed by atoms with Crippen LogP contribution in [0.2, 0.25) is 5.02 Å². The highest BCUT2D eigenvalue weighted by Gasteiger charge is 2.17. The summed E-state index contributed by atoms with van der Waals surface area (Å²) in [7, 11) is 0. The third kappa shape index (κ3) is 1.62. The average molecular weight is 267 g/mol. The zero-order valence-corrected chi connectivity index (χ0v) is 9.86. The Balaban J connectivity index is 2.15. The Morgan fingerprint density at radius 2 is 2.33 bits per heavy atom. The minimum absolute atomic E-state index is 0.0755. The maximum Gasteiger partial charge on any atom is 0.176 e. The quantitative estimate of drug-likeness (QED) is 0.773. The number of halogens is 2. The second kappa shape index (κ2) is 3.99. The van der Waals surface area contributed by atoms with E-state index in [9.17, 15) is 4.39 Å². The fourth-order valence-corrected chi connectivity index (χ4v) is 2.10. The molecule has 5 nitrogen and oxygen atoms in total. The molecule has 7 heteroatoms. The fourth-order valence-electron chi connectivity index (χ4n) is 1.79. The average Bonchev–Trinajstić information content (AvgIpc) is 2.96. The van der Waals surface area contributed by atoms with Gasteiger partial charge in [-0.3, -0.25) is 4.68 Å². The summed E-state index contributed by atoms with van der Waals surface area (Å²) >= 11 is 5.93. The molecule has 0 amide bonds. The molecule has 0 atom stereocenters. The molecule has 0 fully saturated rings. The summed E-state index contributed by atoms with van der Waals surface area (Å²) in [5, 5.41) is 7.80. The van der Waals surface area contributed by atoms with Crippen LogP contribution in [0.5, 0.6) is 0 Å². The third-order valence-corrected chi connectivity index (χ3v) is 2.99. The Morgan fingerprint density at radius 3 is 3.06 bits per heavy atom. The molecular formula is C11H8ClFN4O. The number of rotatable bonds is 2. The summed E-state index contributed by atoms with van der Waals surface area (Å²) in [5.41, 5.74) is 6.29. The number of hydrogen-bond acceptors (Lipinski definition) is 4. The van der Waals surface area contributed by atoms with Gasteiger partial charge in [-0.2, -0.15) is 5.10 Å². The van der Waals surface area contributed by atoms with E-state index in [1.54, 1.807) is 23.1 Å². The largest absolute Gasteiger partial charge is 0.380 e. The molecule has 0 aliphatic rings. The number of anilines is 1. The molecule has 0 saturated heterocycles. The molecule has 2 heterocycles. The van der Waals surface area contributed by atoms with Gasteiger partial charge in [-0.05, 0) is 12.1 Å². The first-order chi connectivity index (χ1) is 8.66. The van der Waals surface area contributed by atoms with E-state index in [1.807, 2.05) is 0 Å². The first-order valence-corrected chi connectivity index (χ1v) is 5.54. The lowest BCUT2D eigenvalue weighted by molar-refractivity contribution is 0.459. The SMILES string of the molecule is Nc1noc2cc(Cn3cccn3)c(F)c(Cl)c12. The summed E-state index contributed by atoms with van der Waals surface area (Å²) in [4.78, 5) is 0. The van der Waals surface area contributed by atoms with E-state index in [-0.39, 0.29) is 17.4 Å². The van der Waals surface area contributed by atoms with E-state index in [4.69, 9.17) is 21.9 Å². The lowest BCUT2D eigenvalue weighted by Gasteiger charge is -2.05. The topological polar surface area (TPSA) is 69.9 Å². The van der Waals surface area contributed by atoms with E-state index in [1.165, 1.54) is 6.07 Å². The van der Waals surface area contributed by atoms with Gasteiger partial charge in [0.15, 0.2) is 11.4 Å². The molecule has 0 radical (unpaired) electrons. The molecule has 3 aromatic rings. The molecule has 0 bridgehead atoms. The van der Waals surface area contributed by atoms with Crippen molar-refractivity contribution in [3.63, 3.8) is 0 Å². The molecule has 0 aliphatic heterocycles. The van der Waals surface area contributed by atoms with Crippen LogP contribution in [-0.4, -0.2) is 14.9 Å². The maximum atomic E-state index is 14.1. The van der Waals surface area contributed by atoms with Gasteiger partial charge in [0.1, 0.15) is 5.82 Å². The van der Waals surface area contributed by atoms with Crippen molar-refractivity contribution in [3.8, 4) is 0 Å². The summed E-state index contributed by atoms with van der Waals surface area (Å²) < 4.78 is 20.7. The molecule has 0 spiro atoms. The molecule has 18 heavy (non-hydrogen) atoms. The standard InChI is InChI=1S/C11H8ClFN4O/c12-9-8-7(18-16-11(8)14)4-6(10(9)13)5-17-3-1-2-15-17/h1-4H,5H2,(H2,14,16). The van der Waals surface area contributed by atoms with Crippen LogP contribution in [0.3, 0.4) is 0 Å². The smallest absolute Gasteiger partial charge is 0.176 e. The summed E-state index contributed by atoms with van der Waals surface area (Å²) in [6.45, 7) is 0.259. The zero-order valence-electron chi connectivity index (χ0n) is 9.10. The molecule has 0 saturated carbocycles. The lowest BCUT2D eigenvalue weighted by atomic mass is 10.1. The van der Waals surface area contributed by atoms with Gasteiger partial charge < -0.3 is 10.3 Å². The van der Waals surface area contributed by atoms with Crippen molar-refractivity contribution in [2.24, 2.45) is 0 Å². The van der Waals surface area contributed by atoms with E-state index < -0.39 is 5.82 Å². The minimum Gasteiger partial charge on any atom is -0.380 e. The van der Waals surface area contributed by atoms with Gasteiger partial charge in [-0.25, -0.2) is 4.39 Å². The van der Waals surface area contributed by atoms with Crippen molar-refractivity contribution in [1.82, 2.24) is 14.9 Å². The van der Waals surface area contributed by atoms with E-state index in [2.05, 4.69) is 10.3 Å². The highest BCUT2D eigenvalue weighted by Crippen LogP contribution is 2.33. The van der Waals surface area contributed by atoms with Crippen LogP contribution in [0, 0.1) is 5.82 Å². The number of fused-ring (bicyclic) bond motifs is 1. The van der Waals surface area contributed by atoms with Crippen molar-refractivity contribution in [2.75, 3.05) is 5.73 Å². The zero-order chi connectivity index (χ0) is 12.7. The van der Waals surface area contributed by atoms with Crippen molar-refractivity contribution in [1.29, 1.82) is 0 Å². The summed E-state index contributed by atoms with van der Waals surface area (Å²) in [6.07, 6.45) is 3.34. The summed E-state index contributed by atoms with van der Waals surface area (Å²) in [5.74, 6) is -0.450. The van der Waals surface area contributed by atoms with Gasteiger partial charge in [0.25, 0.3) is 0 Å². The van der Waals surface area contributed by atoms with E-state index in [0.717, 1.165) is 0 Å². The number of aromatic nitrogens is 3. The Bertz CT molecular complexity index is 707. The highest BCUT2D eigenvalue weighted by molar-refractivity contribution is 6.36. The highest BCUT2D eigenvalue weighted by atomic mass is 35.5. The Hall–Kier alpha value is -2.08. The van der Waals surface area contributed by atoms with E-state index in [0.29, 0.717) is 16.5 Å². The number of nitrogens with two attached hydrogens (primary N) is 1. The molecular weight excluding hydrogens is 259 g/mol. The van der Waals surface area contributed by atoms with Crippen molar-refractivity contribution >= 4 is 28.4 Å². The van der Waals surface area contributed by atoms with Gasteiger partial charge in [0, 0.05) is 18.0 Å². The Morgan fingerprint density at radius 1 is 1.50 bits per heavy atom. The minimum atomic E-state index is -0.533. The normalized spacial score (nSPS) is 11.2. The number of nitrogens with zero attached hydrogens (tertiary/aromatic N) is 3. The number of nitrogen functional groups attached to an aromatic ring is 1.